The summed E-state index contributed by atoms with van der Waals surface area (Å²) < 4.78 is 5.05. The molecule has 0 aliphatic carbocycles. The lowest BCUT2D eigenvalue weighted by Gasteiger charge is -2.07. The van der Waals surface area contributed by atoms with Gasteiger partial charge in [0.2, 0.25) is 0 Å². The van der Waals surface area contributed by atoms with E-state index >= 15 is 0 Å². The first-order valence-corrected chi connectivity index (χ1v) is 7.26. The van der Waals surface area contributed by atoms with Crippen molar-refractivity contribution >= 4 is 22.9 Å². The predicted octanol–water partition coefficient (Wildman–Crippen LogP) is 1.50. The van der Waals surface area contributed by atoms with Gasteiger partial charge in [-0.2, -0.15) is 0 Å². The van der Waals surface area contributed by atoms with Crippen molar-refractivity contribution in [1.29, 1.82) is 0 Å². The first-order valence-electron chi connectivity index (χ1n) is 7.26. The summed E-state index contributed by atoms with van der Waals surface area (Å²) in [6.45, 7) is -0.0420. The fraction of sp³-hybridized carbons (Fsp3) is 0.118. The summed E-state index contributed by atoms with van der Waals surface area (Å²) in [6, 6.07) is 8.65. The molecule has 7 nitrogen and oxygen atoms in total. The van der Waals surface area contributed by atoms with E-state index in [1.54, 1.807) is 42.9 Å². The van der Waals surface area contributed by atoms with Gasteiger partial charge in [0.1, 0.15) is 5.52 Å². The number of hydrogen-bond donors (Lipinski definition) is 1. The number of amides is 1. The van der Waals surface area contributed by atoms with Crippen molar-refractivity contribution in [2.24, 2.45) is 0 Å². The molecule has 0 fully saturated rings. The lowest BCUT2D eigenvalue weighted by molar-refractivity contribution is -0.124. The quantitative estimate of drug-likeness (QED) is 0.715. The molecule has 0 saturated carbocycles. The van der Waals surface area contributed by atoms with Gasteiger partial charge < -0.3 is 10.1 Å². The van der Waals surface area contributed by atoms with Gasteiger partial charge >= 0.3 is 5.97 Å². The first kappa shape index (κ1) is 15.5. The van der Waals surface area contributed by atoms with Crippen LogP contribution in [-0.2, 0) is 16.1 Å². The van der Waals surface area contributed by atoms with E-state index in [9.17, 15) is 9.59 Å². The summed E-state index contributed by atoms with van der Waals surface area (Å²) in [6.07, 6.45) is 6.35. The molecule has 2 aromatic heterocycles. The van der Waals surface area contributed by atoms with Crippen LogP contribution in [0.5, 0.6) is 0 Å². The first-order chi connectivity index (χ1) is 11.7. The number of carbonyl (C=O) groups is 2. The number of aromatic nitrogens is 3. The summed E-state index contributed by atoms with van der Waals surface area (Å²) in [5.74, 6) is -1.00. The van der Waals surface area contributed by atoms with E-state index in [-0.39, 0.29) is 12.2 Å². The Balaban J connectivity index is 1.58. The molecule has 0 unspecified atom stereocenters. The smallest absolute Gasteiger partial charge is 0.340 e. The van der Waals surface area contributed by atoms with Crippen molar-refractivity contribution in [3.05, 3.63) is 66.2 Å². The Kier molecular flexibility index (Phi) is 4.71. The van der Waals surface area contributed by atoms with Crippen molar-refractivity contribution in [2.45, 2.75) is 6.54 Å². The SMILES string of the molecule is O=C(COC(=O)c1cccc2nccnc12)NCc1cccnc1. The monoisotopic (exact) mass is 322 g/mol. The number of fused-ring (bicyclic) bond motifs is 1. The molecule has 120 valence electrons. The summed E-state index contributed by atoms with van der Waals surface area (Å²) >= 11 is 0. The second-order valence-electron chi connectivity index (χ2n) is 4.94. The largest absolute Gasteiger partial charge is 0.452 e. The standard InChI is InChI=1S/C17H14N4O3/c22-15(21-10-12-3-2-6-18-9-12)11-24-17(23)13-4-1-5-14-16(13)20-8-7-19-14/h1-9H,10-11H2,(H,21,22). The van der Waals surface area contributed by atoms with Gasteiger partial charge in [-0.1, -0.05) is 12.1 Å². The third-order valence-electron chi connectivity index (χ3n) is 3.27. The second kappa shape index (κ2) is 7.28. The molecule has 1 N–H and O–H groups in total. The van der Waals surface area contributed by atoms with Gasteiger partial charge in [0.25, 0.3) is 5.91 Å². The van der Waals surface area contributed by atoms with E-state index in [0.29, 0.717) is 17.6 Å². The molecule has 0 aliphatic rings. The van der Waals surface area contributed by atoms with Crippen LogP contribution in [0.25, 0.3) is 11.0 Å². The lowest BCUT2D eigenvalue weighted by Crippen LogP contribution is -2.28. The number of nitrogens with zero attached hydrogens (tertiary/aromatic N) is 3. The van der Waals surface area contributed by atoms with Gasteiger partial charge in [-0.05, 0) is 23.8 Å². The van der Waals surface area contributed by atoms with E-state index in [2.05, 4.69) is 20.3 Å². The number of pyridine rings is 1. The summed E-state index contributed by atoms with van der Waals surface area (Å²) in [5, 5.41) is 2.66. The molecule has 3 rings (SSSR count). The molecule has 2 heterocycles. The van der Waals surface area contributed by atoms with Crippen molar-refractivity contribution in [3.63, 3.8) is 0 Å². The third-order valence-corrected chi connectivity index (χ3v) is 3.27. The minimum absolute atomic E-state index is 0.278. The van der Waals surface area contributed by atoms with Gasteiger partial charge in [-0.15, -0.1) is 0 Å². The minimum atomic E-state index is -0.613. The van der Waals surface area contributed by atoms with Crippen molar-refractivity contribution < 1.29 is 14.3 Å². The Labute approximate surface area is 137 Å². The normalized spacial score (nSPS) is 10.3. The number of rotatable bonds is 5. The topological polar surface area (TPSA) is 94.1 Å². The van der Waals surface area contributed by atoms with Crippen LogP contribution in [-0.4, -0.2) is 33.4 Å². The molecule has 24 heavy (non-hydrogen) atoms. The zero-order valence-corrected chi connectivity index (χ0v) is 12.7. The average molecular weight is 322 g/mol. The zero-order chi connectivity index (χ0) is 16.8. The fourth-order valence-corrected chi connectivity index (χ4v) is 2.12. The Morgan fingerprint density at radius 2 is 1.92 bits per heavy atom. The molecule has 7 heteroatoms. The molecular weight excluding hydrogens is 308 g/mol. The number of nitrogens with one attached hydrogen (secondary N) is 1. The second-order valence-corrected chi connectivity index (χ2v) is 4.94. The van der Waals surface area contributed by atoms with Crippen molar-refractivity contribution in [2.75, 3.05) is 6.61 Å². The van der Waals surface area contributed by atoms with E-state index in [1.165, 1.54) is 6.20 Å². The van der Waals surface area contributed by atoms with E-state index in [0.717, 1.165) is 5.56 Å². The van der Waals surface area contributed by atoms with Crippen LogP contribution < -0.4 is 5.32 Å². The number of hydrogen-bond acceptors (Lipinski definition) is 6. The third kappa shape index (κ3) is 3.70. The maximum absolute atomic E-state index is 12.2. The maximum atomic E-state index is 12.2. The summed E-state index contributed by atoms with van der Waals surface area (Å²) in [7, 11) is 0. The van der Waals surface area contributed by atoms with E-state index in [4.69, 9.17) is 4.74 Å². The van der Waals surface area contributed by atoms with Gasteiger partial charge in [0.05, 0.1) is 11.1 Å². The fourth-order valence-electron chi connectivity index (χ4n) is 2.12. The van der Waals surface area contributed by atoms with Crippen LogP contribution in [0, 0.1) is 0 Å². The van der Waals surface area contributed by atoms with Gasteiger partial charge in [-0.25, -0.2) is 4.79 Å². The van der Waals surface area contributed by atoms with Crippen LogP contribution in [0.15, 0.2) is 55.1 Å². The van der Waals surface area contributed by atoms with Gasteiger partial charge in [-0.3, -0.25) is 19.7 Å². The maximum Gasteiger partial charge on any atom is 0.340 e. The molecule has 3 aromatic rings. The van der Waals surface area contributed by atoms with E-state index < -0.39 is 11.9 Å². The molecule has 1 aromatic carbocycles. The molecule has 0 saturated heterocycles. The zero-order valence-electron chi connectivity index (χ0n) is 12.7. The predicted molar refractivity (Wildman–Crippen MR) is 85.9 cm³/mol. The number of carbonyl (C=O) groups excluding carboxylic acids is 2. The highest BCUT2D eigenvalue weighted by atomic mass is 16.5. The average Bonchev–Trinajstić information content (AvgIpc) is 2.64. The molecule has 0 atom stereocenters. The van der Waals surface area contributed by atoms with E-state index in [1.807, 2.05) is 6.07 Å². The van der Waals surface area contributed by atoms with Crippen LogP contribution in [0.4, 0.5) is 0 Å². The number of para-hydroxylation sites is 1. The number of ether oxygens (including phenoxy) is 1. The van der Waals surface area contributed by atoms with Crippen molar-refractivity contribution in [1.82, 2.24) is 20.3 Å². The molecule has 0 radical (unpaired) electrons. The number of esters is 1. The van der Waals surface area contributed by atoms with Crippen LogP contribution >= 0.6 is 0 Å². The highest BCUT2D eigenvalue weighted by Crippen LogP contribution is 2.14. The molecule has 0 bridgehead atoms. The summed E-state index contributed by atoms with van der Waals surface area (Å²) in [4.78, 5) is 36.2. The molecular formula is C17H14N4O3. The molecule has 1 amide bonds. The lowest BCUT2D eigenvalue weighted by atomic mass is 10.2. The van der Waals surface area contributed by atoms with Gasteiger partial charge in [0.15, 0.2) is 6.61 Å². The molecule has 0 spiro atoms. The minimum Gasteiger partial charge on any atom is -0.452 e. The van der Waals surface area contributed by atoms with Crippen LogP contribution in [0.1, 0.15) is 15.9 Å². The van der Waals surface area contributed by atoms with Crippen LogP contribution in [0.2, 0.25) is 0 Å². The Hall–Kier alpha value is -3.35. The Morgan fingerprint density at radius 1 is 1.04 bits per heavy atom. The Bertz CT molecular complexity index is 863. The van der Waals surface area contributed by atoms with Crippen molar-refractivity contribution in [3.8, 4) is 0 Å². The molecule has 0 aliphatic heterocycles. The number of benzene rings is 1. The Morgan fingerprint density at radius 3 is 2.75 bits per heavy atom. The highest BCUT2D eigenvalue weighted by Gasteiger charge is 2.14. The summed E-state index contributed by atoms with van der Waals surface area (Å²) in [5.41, 5.74) is 2.18. The van der Waals surface area contributed by atoms with Crippen LogP contribution in [0.3, 0.4) is 0 Å². The van der Waals surface area contributed by atoms with Gasteiger partial charge in [0, 0.05) is 31.3 Å². The highest BCUT2D eigenvalue weighted by molar-refractivity contribution is 6.02.